The number of carboxylic acids is 1. The second-order valence-electron chi connectivity index (χ2n) is 4.45. The average molecular weight is 236 g/mol. The Balaban J connectivity index is 2.10. The Hall–Kier alpha value is -1.62. The number of aliphatic carboxylic acids is 1. The fraction of sp³-hybridized carbons (Fsp3) is 0.500. The first kappa shape index (κ1) is 11.9. The molecule has 1 aliphatic rings. The third kappa shape index (κ3) is 3.17. The van der Waals surface area contributed by atoms with Crippen LogP contribution in [-0.2, 0) is 11.3 Å². The fourth-order valence-corrected chi connectivity index (χ4v) is 1.84. The second-order valence-corrected chi connectivity index (χ2v) is 4.45. The molecule has 5 nitrogen and oxygen atoms in total. The van der Waals surface area contributed by atoms with Crippen molar-refractivity contribution in [1.82, 2.24) is 9.88 Å². The highest BCUT2D eigenvalue weighted by Crippen LogP contribution is 2.29. The molecular weight excluding hydrogens is 220 g/mol. The molecule has 0 spiro atoms. The largest absolute Gasteiger partial charge is 0.506 e. The Kier molecular flexibility index (Phi) is 3.28. The lowest BCUT2D eigenvalue weighted by molar-refractivity contribution is -0.138. The number of aryl methyl sites for hydroxylation is 1. The van der Waals surface area contributed by atoms with Crippen molar-refractivity contribution in [2.45, 2.75) is 32.4 Å². The Morgan fingerprint density at radius 1 is 1.53 bits per heavy atom. The van der Waals surface area contributed by atoms with Crippen LogP contribution in [0.15, 0.2) is 12.1 Å². The molecule has 1 aliphatic carbocycles. The minimum absolute atomic E-state index is 0.000269. The summed E-state index contributed by atoms with van der Waals surface area (Å²) in [5.74, 6) is -0.712. The number of pyridine rings is 1. The maximum Gasteiger partial charge on any atom is 0.317 e. The van der Waals surface area contributed by atoms with Crippen LogP contribution >= 0.6 is 0 Å². The topological polar surface area (TPSA) is 73.7 Å². The molecule has 0 aromatic carbocycles. The van der Waals surface area contributed by atoms with Gasteiger partial charge >= 0.3 is 5.97 Å². The number of carbonyl (C=O) groups is 1. The van der Waals surface area contributed by atoms with Crippen LogP contribution in [-0.4, -0.2) is 38.7 Å². The lowest BCUT2D eigenvalue weighted by atomic mass is 10.2. The van der Waals surface area contributed by atoms with Gasteiger partial charge in [-0.2, -0.15) is 0 Å². The molecule has 2 rings (SSSR count). The highest BCUT2D eigenvalue weighted by Gasteiger charge is 2.31. The van der Waals surface area contributed by atoms with Crippen molar-refractivity contribution >= 4 is 5.97 Å². The lowest BCUT2D eigenvalue weighted by Gasteiger charge is -2.19. The normalized spacial score (nSPS) is 15.2. The Morgan fingerprint density at radius 3 is 2.82 bits per heavy atom. The van der Waals surface area contributed by atoms with Gasteiger partial charge < -0.3 is 10.2 Å². The zero-order valence-electron chi connectivity index (χ0n) is 9.76. The maximum absolute atomic E-state index is 10.8. The van der Waals surface area contributed by atoms with Crippen molar-refractivity contribution in [3.8, 4) is 5.75 Å². The van der Waals surface area contributed by atoms with E-state index in [4.69, 9.17) is 5.11 Å². The van der Waals surface area contributed by atoms with E-state index in [2.05, 4.69) is 4.98 Å². The van der Waals surface area contributed by atoms with E-state index in [-0.39, 0.29) is 12.3 Å². The molecule has 1 saturated carbocycles. The van der Waals surface area contributed by atoms with Gasteiger partial charge in [-0.1, -0.05) is 0 Å². The molecule has 0 saturated heterocycles. The van der Waals surface area contributed by atoms with Gasteiger partial charge in [0.1, 0.15) is 5.75 Å². The summed E-state index contributed by atoms with van der Waals surface area (Å²) in [6.45, 7) is 2.24. The van der Waals surface area contributed by atoms with Crippen LogP contribution in [0.3, 0.4) is 0 Å². The highest BCUT2D eigenvalue weighted by molar-refractivity contribution is 5.69. The van der Waals surface area contributed by atoms with Crippen molar-refractivity contribution in [1.29, 1.82) is 0 Å². The second kappa shape index (κ2) is 4.71. The van der Waals surface area contributed by atoms with Crippen molar-refractivity contribution in [3.05, 3.63) is 23.5 Å². The minimum atomic E-state index is -0.843. The predicted octanol–water partition coefficient (Wildman–Crippen LogP) is 1.14. The minimum Gasteiger partial charge on any atom is -0.506 e. The number of carboxylic acid groups (broad SMARTS) is 1. The zero-order chi connectivity index (χ0) is 12.4. The zero-order valence-corrected chi connectivity index (χ0v) is 9.76. The summed E-state index contributed by atoms with van der Waals surface area (Å²) >= 11 is 0. The summed E-state index contributed by atoms with van der Waals surface area (Å²) < 4.78 is 0. The number of aromatic nitrogens is 1. The lowest BCUT2D eigenvalue weighted by Crippen LogP contribution is -2.31. The van der Waals surface area contributed by atoms with Crippen molar-refractivity contribution in [2.75, 3.05) is 6.54 Å². The summed E-state index contributed by atoms with van der Waals surface area (Å²) in [6.07, 6.45) is 2.06. The van der Waals surface area contributed by atoms with E-state index >= 15 is 0 Å². The fourth-order valence-electron chi connectivity index (χ4n) is 1.84. The maximum atomic E-state index is 10.8. The van der Waals surface area contributed by atoms with Crippen LogP contribution in [0.1, 0.15) is 24.2 Å². The summed E-state index contributed by atoms with van der Waals surface area (Å²) in [4.78, 5) is 16.9. The standard InChI is InChI=1S/C12H16N2O3/c1-8-2-5-11(15)10(13-8)6-14(7-12(16)17)9-3-4-9/h2,5,9,15H,3-4,6-7H2,1H3,(H,16,17). The monoisotopic (exact) mass is 236 g/mol. The molecule has 0 aliphatic heterocycles. The molecule has 1 aromatic rings. The molecule has 0 unspecified atom stereocenters. The van der Waals surface area contributed by atoms with Crippen LogP contribution < -0.4 is 0 Å². The molecule has 5 heteroatoms. The molecule has 1 heterocycles. The molecule has 2 N–H and O–H groups in total. The third-order valence-electron chi connectivity index (χ3n) is 2.84. The summed E-state index contributed by atoms with van der Waals surface area (Å²) in [7, 11) is 0. The molecule has 0 bridgehead atoms. The Morgan fingerprint density at radius 2 is 2.24 bits per heavy atom. The molecule has 0 radical (unpaired) electrons. The van der Waals surface area contributed by atoms with Crippen molar-refractivity contribution in [2.24, 2.45) is 0 Å². The first-order valence-electron chi connectivity index (χ1n) is 5.67. The van der Waals surface area contributed by atoms with Gasteiger partial charge in [-0.25, -0.2) is 0 Å². The van der Waals surface area contributed by atoms with E-state index in [1.54, 1.807) is 12.1 Å². The van der Waals surface area contributed by atoms with Crippen LogP contribution in [0, 0.1) is 6.92 Å². The van der Waals surface area contributed by atoms with E-state index in [1.807, 2.05) is 11.8 Å². The number of nitrogens with zero attached hydrogens (tertiary/aromatic N) is 2. The van der Waals surface area contributed by atoms with Gasteiger partial charge in [-0.3, -0.25) is 14.7 Å². The van der Waals surface area contributed by atoms with Gasteiger partial charge in [0.25, 0.3) is 0 Å². The smallest absolute Gasteiger partial charge is 0.317 e. The van der Waals surface area contributed by atoms with Gasteiger partial charge in [-0.05, 0) is 31.9 Å². The van der Waals surface area contributed by atoms with Crippen molar-refractivity contribution in [3.63, 3.8) is 0 Å². The summed E-state index contributed by atoms with van der Waals surface area (Å²) in [6, 6.07) is 3.66. The third-order valence-corrected chi connectivity index (χ3v) is 2.84. The highest BCUT2D eigenvalue weighted by atomic mass is 16.4. The van der Waals surface area contributed by atoms with E-state index in [0.29, 0.717) is 18.3 Å². The average Bonchev–Trinajstić information content (AvgIpc) is 3.05. The number of hydrogen-bond acceptors (Lipinski definition) is 4. The first-order chi connectivity index (χ1) is 8.06. The molecule has 1 fully saturated rings. The first-order valence-corrected chi connectivity index (χ1v) is 5.67. The van der Waals surface area contributed by atoms with E-state index in [9.17, 15) is 9.90 Å². The predicted molar refractivity (Wildman–Crippen MR) is 61.7 cm³/mol. The quantitative estimate of drug-likeness (QED) is 0.802. The van der Waals surface area contributed by atoms with Gasteiger partial charge in [0.05, 0.1) is 12.2 Å². The van der Waals surface area contributed by atoms with Crippen LogP contribution in [0.2, 0.25) is 0 Å². The Bertz CT molecular complexity index is 430. The van der Waals surface area contributed by atoms with Crippen LogP contribution in [0.5, 0.6) is 5.75 Å². The number of rotatable bonds is 5. The van der Waals surface area contributed by atoms with Crippen molar-refractivity contribution < 1.29 is 15.0 Å². The molecule has 0 atom stereocenters. The number of hydrogen-bond donors (Lipinski definition) is 2. The van der Waals surface area contributed by atoms with E-state index in [0.717, 1.165) is 18.5 Å². The van der Waals surface area contributed by atoms with Crippen LogP contribution in [0.4, 0.5) is 0 Å². The van der Waals surface area contributed by atoms with E-state index < -0.39 is 5.97 Å². The molecule has 92 valence electrons. The van der Waals surface area contributed by atoms with Gasteiger partial charge in [-0.15, -0.1) is 0 Å². The summed E-state index contributed by atoms with van der Waals surface area (Å²) in [5, 5.41) is 18.5. The number of aromatic hydroxyl groups is 1. The SMILES string of the molecule is Cc1ccc(O)c(CN(CC(=O)O)C2CC2)n1. The van der Waals surface area contributed by atoms with Gasteiger partial charge in [0, 0.05) is 18.3 Å². The van der Waals surface area contributed by atoms with Crippen LogP contribution in [0.25, 0.3) is 0 Å². The molecular formula is C12H16N2O3. The molecule has 17 heavy (non-hydrogen) atoms. The Labute approximate surface area is 99.7 Å². The van der Waals surface area contributed by atoms with Gasteiger partial charge in [0.15, 0.2) is 0 Å². The summed E-state index contributed by atoms with van der Waals surface area (Å²) in [5.41, 5.74) is 1.38. The van der Waals surface area contributed by atoms with E-state index in [1.165, 1.54) is 0 Å². The van der Waals surface area contributed by atoms with Gasteiger partial charge in [0.2, 0.25) is 0 Å². The molecule has 0 amide bonds. The molecule has 1 aromatic heterocycles.